The molecule has 1 heterocycles. The van der Waals surface area contributed by atoms with Crippen molar-refractivity contribution in [3.05, 3.63) is 29.8 Å². The van der Waals surface area contributed by atoms with E-state index in [2.05, 4.69) is 15.9 Å². The minimum atomic E-state index is -1.43. The van der Waals surface area contributed by atoms with Gasteiger partial charge in [0, 0.05) is 23.1 Å². The maximum Gasteiger partial charge on any atom is 0.335 e. The molecule has 1 fully saturated rings. The third kappa shape index (κ3) is 6.67. The fourth-order valence-electron chi connectivity index (χ4n) is 3.91. The van der Waals surface area contributed by atoms with Crippen LogP contribution < -0.4 is 4.74 Å². The van der Waals surface area contributed by atoms with E-state index < -0.39 is 73.3 Å². The quantitative estimate of drug-likeness (QED) is 0.311. The topological polar surface area (TPSA) is 157 Å². The summed E-state index contributed by atoms with van der Waals surface area (Å²) in [6, 6.07) is 6.83. The molecule has 1 aliphatic rings. The van der Waals surface area contributed by atoms with Crippen LogP contribution in [0.15, 0.2) is 24.3 Å². The van der Waals surface area contributed by atoms with E-state index in [-0.39, 0.29) is 4.83 Å². The Morgan fingerprint density at radius 3 is 1.91 bits per heavy atom. The number of hydrogen-bond donors (Lipinski definition) is 3. The Bertz CT molecular complexity index is 837. The number of halogens is 1. The molecular weight excluding hydrogens is 492 g/mol. The number of carboxylic acid groups (broad SMARTS) is 3. The van der Waals surface area contributed by atoms with Gasteiger partial charge in [0.2, 0.25) is 6.29 Å². The number of aliphatic carboxylic acids is 3. The molecule has 6 atom stereocenters. The number of rotatable bonds is 10. The van der Waals surface area contributed by atoms with Gasteiger partial charge >= 0.3 is 23.9 Å². The van der Waals surface area contributed by atoms with Gasteiger partial charge in [0.15, 0.2) is 6.10 Å². The van der Waals surface area contributed by atoms with E-state index in [9.17, 15) is 34.5 Å². The third-order valence-electron chi connectivity index (χ3n) is 5.38. The van der Waals surface area contributed by atoms with Crippen molar-refractivity contribution in [3.63, 3.8) is 0 Å². The number of carboxylic acids is 3. The molecule has 0 amide bonds. The second kappa shape index (κ2) is 11.3. The van der Waals surface area contributed by atoms with Gasteiger partial charge in [-0.3, -0.25) is 14.4 Å². The van der Waals surface area contributed by atoms with Crippen molar-refractivity contribution in [1.82, 2.24) is 0 Å². The molecule has 1 unspecified atom stereocenters. The van der Waals surface area contributed by atoms with E-state index in [1.165, 1.54) is 0 Å². The number of carbonyl (C=O) groups is 4. The van der Waals surface area contributed by atoms with E-state index in [0.717, 1.165) is 12.7 Å². The normalized spacial score (nSPS) is 26.0. The van der Waals surface area contributed by atoms with Gasteiger partial charge < -0.3 is 29.5 Å². The molecule has 0 radical (unpaired) electrons. The van der Waals surface area contributed by atoms with Crippen molar-refractivity contribution < 1.29 is 48.7 Å². The van der Waals surface area contributed by atoms with Crippen LogP contribution in [0.3, 0.4) is 0 Å². The first-order valence-electron chi connectivity index (χ1n) is 9.82. The Morgan fingerprint density at radius 1 is 0.938 bits per heavy atom. The van der Waals surface area contributed by atoms with Crippen LogP contribution in [0, 0.1) is 17.8 Å². The summed E-state index contributed by atoms with van der Waals surface area (Å²) < 4.78 is 16.3. The summed E-state index contributed by atoms with van der Waals surface area (Å²) in [5, 5.41) is 28.2. The number of benzene rings is 1. The highest BCUT2D eigenvalue weighted by Gasteiger charge is 2.51. The van der Waals surface area contributed by atoms with Crippen LogP contribution in [0.2, 0.25) is 0 Å². The fourth-order valence-corrected chi connectivity index (χ4v) is 4.22. The van der Waals surface area contributed by atoms with Crippen LogP contribution in [0.5, 0.6) is 5.75 Å². The van der Waals surface area contributed by atoms with E-state index in [1.54, 1.807) is 24.3 Å². The number of hydrogen-bond acceptors (Lipinski definition) is 7. The maximum atomic E-state index is 12.4. The molecule has 32 heavy (non-hydrogen) atoms. The first kappa shape index (κ1) is 25.6. The minimum absolute atomic E-state index is 0.0858. The second-order valence-electron chi connectivity index (χ2n) is 7.54. The number of alkyl halides is 1. The summed E-state index contributed by atoms with van der Waals surface area (Å²) in [5.74, 6) is -7.52. The monoisotopic (exact) mass is 516 g/mol. The van der Waals surface area contributed by atoms with Gasteiger partial charge in [0.1, 0.15) is 5.75 Å². The molecule has 10 nitrogen and oxygen atoms in total. The molecule has 2 rings (SSSR count). The van der Waals surface area contributed by atoms with Crippen LogP contribution in [-0.4, -0.2) is 58.7 Å². The maximum absolute atomic E-state index is 12.4. The lowest BCUT2D eigenvalue weighted by molar-refractivity contribution is -0.233. The van der Waals surface area contributed by atoms with Gasteiger partial charge in [-0.1, -0.05) is 28.1 Å². The van der Waals surface area contributed by atoms with Crippen molar-refractivity contribution in [2.24, 2.45) is 17.8 Å². The first-order valence-corrected chi connectivity index (χ1v) is 10.7. The predicted molar refractivity (Wildman–Crippen MR) is 112 cm³/mol. The van der Waals surface area contributed by atoms with Crippen LogP contribution in [-0.2, 0) is 28.7 Å². The van der Waals surface area contributed by atoms with Crippen LogP contribution in [0.25, 0.3) is 0 Å². The van der Waals surface area contributed by atoms with Crippen LogP contribution in [0.4, 0.5) is 0 Å². The van der Waals surface area contributed by atoms with Gasteiger partial charge in [0.25, 0.3) is 0 Å². The van der Waals surface area contributed by atoms with Crippen molar-refractivity contribution in [3.8, 4) is 5.75 Å². The minimum Gasteiger partial charge on any atom is -0.481 e. The summed E-state index contributed by atoms with van der Waals surface area (Å²) in [6.45, 7) is 1.93. The Balaban J connectivity index is 2.46. The van der Waals surface area contributed by atoms with E-state index >= 15 is 0 Å². The molecule has 0 aliphatic carbocycles. The molecule has 0 saturated carbocycles. The highest BCUT2D eigenvalue weighted by molar-refractivity contribution is 9.09. The zero-order valence-corrected chi connectivity index (χ0v) is 19.1. The Labute approximate surface area is 192 Å². The van der Waals surface area contributed by atoms with Crippen molar-refractivity contribution in [1.29, 1.82) is 0 Å². The highest BCUT2D eigenvalue weighted by Crippen LogP contribution is 2.42. The molecule has 176 valence electrons. The second-order valence-corrected chi connectivity index (χ2v) is 8.91. The summed E-state index contributed by atoms with van der Waals surface area (Å²) in [7, 11) is 1.09. The molecule has 0 aromatic heterocycles. The molecular formula is C21H25BrO10. The zero-order chi connectivity index (χ0) is 24.0. The zero-order valence-electron chi connectivity index (χ0n) is 17.5. The lowest BCUT2D eigenvalue weighted by Gasteiger charge is -2.44. The van der Waals surface area contributed by atoms with E-state index in [4.69, 9.17) is 14.2 Å². The largest absolute Gasteiger partial charge is 0.481 e. The summed E-state index contributed by atoms with van der Waals surface area (Å²) in [6.07, 6.45) is -4.44. The summed E-state index contributed by atoms with van der Waals surface area (Å²) >= 11 is 3.45. The molecule has 1 saturated heterocycles. The summed E-state index contributed by atoms with van der Waals surface area (Å²) in [4.78, 5) is 47.0. The molecule has 1 aromatic rings. The van der Waals surface area contributed by atoms with Gasteiger partial charge in [-0.05, 0) is 30.5 Å². The van der Waals surface area contributed by atoms with Crippen molar-refractivity contribution in [2.45, 2.75) is 43.4 Å². The van der Waals surface area contributed by atoms with Gasteiger partial charge in [0.05, 0.1) is 20.0 Å². The lowest BCUT2D eigenvalue weighted by atomic mass is 9.71. The summed E-state index contributed by atoms with van der Waals surface area (Å²) in [5.41, 5.74) is 0.960. The smallest absolute Gasteiger partial charge is 0.335 e. The molecule has 11 heteroatoms. The number of methoxy groups -OCH3 is 1. The van der Waals surface area contributed by atoms with Crippen molar-refractivity contribution in [2.75, 3.05) is 7.11 Å². The predicted octanol–water partition coefficient (Wildman–Crippen LogP) is 2.69. The Kier molecular flexibility index (Phi) is 9.02. The average Bonchev–Trinajstić information content (AvgIpc) is 2.70. The molecule has 1 aromatic carbocycles. The SMILES string of the molecule is COC(=O)[C@H]1O[C@@H](Oc2ccc(C(C)Br)cc2)[C@H](CC(=O)O)[C@@H](CC(=O)O)[C@@H]1CC(=O)O. The van der Waals surface area contributed by atoms with Crippen LogP contribution >= 0.6 is 15.9 Å². The van der Waals surface area contributed by atoms with E-state index in [0.29, 0.717) is 5.75 Å². The van der Waals surface area contributed by atoms with E-state index in [1.807, 2.05) is 6.92 Å². The lowest BCUT2D eigenvalue weighted by Crippen LogP contribution is -2.54. The third-order valence-corrected chi connectivity index (χ3v) is 5.90. The van der Waals surface area contributed by atoms with Gasteiger partial charge in [-0.15, -0.1) is 0 Å². The van der Waals surface area contributed by atoms with Gasteiger partial charge in [-0.25, -0.2) is 4.79 Å². The molecule has 3 N–H and O–H groups in total. The molecule has 0 spiro atoms. The van der Waals surface area contributed by atoms with Crippen molar-refractivity contribution >= 4 is 39.8 Å². The number of ether oxygens (including phenoxy) is 3. The van der Waals surface area contributed by atoms with Gasteiger partial charge in [-0.2, -0.15) is 0 Å². The average molecular weight is 517 g/mol. The Morgan fingerprint density at radius 2 is 1.44 bits per heavy atom. The molecule has 1 aliphatic heterocycles. The number of esters is 1. The Hall–Kier alpha value is -2.66. The standard InChI is InChI=1S/C21H25BrO10/c1-10(22)11-3-5-12(6-4-11)31-21-15(9-18(27)28)13(7-16(23)24)14(8-17(25)26)19(32-21)20(29)30-2/h3-6,10,13-15,19,21H,7-9H2,1-2H3,(H,23,24)(H,25,26)(H,27,28)/t10?,13-,14-,15+,19-,21+/m0/s1. The highest BCUT2D eigenvalue weighted by atomic mass is 79.9. The van der Waals surface area contributed by atoms with Crippen LogP contribution in [0.1, 0.15) is 36.6 Å². The molecule has 0 bridgehead atoms. The first-order chi connectivity index (χ1) is 15.0. The number of carbonyl (C=O) groups excluding carboxylic acids is 1. The fraction of sp³-hybridized carbons (Fsp3) is 0.524.